The number of nitrogens with zero attached hydrogens (tertiary/aromatic N) is 2. The number of hydrogen-bond donors (Lipinski definition) is 0. The van der Waals surface area contributed by atoms with Gasteiger partial charge in [0.05, 0.1) is 16.9 Å². The summed E-state index contributed by atoms with van der Waals surface area (Å²) < 4.78 is 1.78. The van der Waals surface area contributed by atoms with E-state index in [0.29, 0.717) is 16.6 Å². The van der Waals surface area contributed by atoms with E-state index >= 15 is 0 Å². The fourth-order valence-corrected chi connectivity index (χ4v) is 1.98. The molecule has 1 unspecified atom stereocenters. The van der Waals surface area contributed by atoms with Crippen molar-refractivity contribution in [2.75, 3.05) is 0 Å². The number of imidazole rings is 1. The molecule has 0 radical (unpaired) electrons. The topological polar surface area (TPSA) is 34.4 Å². The molecule has 0 spiro atoms. The highest BCUT2D eigenvalue weighted by Gasteiger charge is 2.13. The second-order valence-corrected chi connectivity index (χ2v) is 4.35. The van der Waals surface area contributed by atoms with Crippen molar-refractivity contribution in [2.45, 2.75) is 26.2 Å². The Labute approximate surface area is 99.1 Å². The van der Waals surface area contributed by atoms with Crippen molar-refractivity contribution < 1.29 is 4.79 Å². The summed E-state index contributed by atoms with van der Waals surface area (Å²) in [5.41, 5.74) is 2.45. The van der Waals surface area contributed by atoms with Crippen molar-refractivity contribution in [2.24, 2.45) is 0 Å². The summed E-state index contributed by atoms with van der Waals surface area (Å²) in [6, 6.07) is 3.49. The maximum atomic E-state index is 10.9. The Morgan fingerprint density at radius 1 is 1.56 bits per heavy atom. The molecule has 2 aromatic rings. The molecule has 0 aromatic carbocycles. The number of carbonyl (C=O) groups excluding carboxylic acids is 1. The molecule has 2 rings (SSSR count). The van der Waals surface area contributed by atoms with Gasteiger partial charge in [-0.1, -0.05) is 25.4 Å². The summed E-state index contributed by atoms with van der Waals surface area (Å²) in [5, 5.41) is 0.569. The predicted molar refractivity (Wildman–Crippen MR) is 64.3 cm³/mol. The van der Waals surface area contributed by atoms with E-state index in [1.54, 1.807) is 16.8 Å². The SMILES string of the molecule is CCC(C)c1ncn2c(C=O)cc(Cl)cc12. The second-order valence-electron chi connectivity index (χ2n) is 3.91. The summed E-state index contributed by atoms with van der Waals surface area (Å²) in [5.74, 6) is 0.364. The number of pyridine rings is 1. The number of aldehydes is 1. The van der Waals surface area contributed by atoms with Gasteiger partial charge in [0.25, 0.3) is 0 Å². The average molecular weight is 237 g/mol. The first-order valence-corrected chi connectivity index (χ1v) is 5.66. The predicted octanol–water partition coefficient (Wildman–Crippen LogP) is 3.31. The van der Waals surface area contributed by atoms with Crippen molar-refractivity contribution in [3.8, 4) is 0 Å². The van der Waals surface area contributed by atoms with E-state index in [-0.39, 0.29) is 0 Å². The highest BCUT2D eigenvalue weighted by atomic mass is 35.5. The smallest absolute Gasteiger partial charge is 0.166 e. The third-order valence-corrected chi connectivity index (χ3v) is 3.09. The van der Waals surface area contributed by atoms with Crippen molar-refractivity contribution in [3.63, 3.8) is 0 Å². The molecule has 4 heteroatoms. The van der Waals surface area contributed by atoms with E-state index in [1.165, 1.54) is 0 Å². The molecule has 0 saturated carbocycles. The normalized spacial score (nSPS) is 12.9. The summed E-state index contributed by atoms with van der Waals surface area (Å²) in [6.07, 6.45) is 3.48. The molecule has 0 N–H and O–H groups in total. The molecule has 2 heterocycles. The van der Waals surface area contributed by atoms with Gasteiger partial charge in [-0.2, -0.15) is 0 Å². The molecule has 0 fully saturated rings. The Morgan fingerprint density at radius 3 is 2.94 bits per heavy atom. The van der Waals surface area contributed by atoms with Crippen LogP contribution in [0.25, 0.3) is 5.52 Å². The Kier molecular flexibility index (Phi) is 2.97. The molecule has 16 heavy (non-hydrogen) atoms. The van der Waals surface area contributed by atoms with Crippen LogP contribution in [0.15, 0.2) is 18.5 Å². The molecule has 0 amide bonds. The minimum absolute atomic E-state index is 0.364. The lowest BCUT2D eigenvalue weighted by Crippen LogP contribution is -1.96. The van der Waals surface area contributed by atoms with Gasteiger partial charge in [0.2, 0.25) is 0 Å². The van der Waals surface area contributed by atoms with Gasteiger partial charge in [-0.15, -0.1) is 0 Å². The number of rotatable bonds is 3. The molecular formula is C12H13ClN2O. The zero-order valence-corrected chi connectivity index (χ0v) is 10.0. The summed E-state index contributed by atoms with van der Waals surface area (Å²) in [7, 11) is 0. The Morgan fingerprint density at radius 2 is 2.31 bits per heavy atom. The maximum Gasteiger partial charge on any atom is 0.166 e. The van der Waals surface area contributed by atoms with Crippen LogP contribution in [0.4, 0.5) is 0 Å². The lowest BCUT2D eigenvalue weighted by Gasteiger charge is -2.06. The van der Waals surface area contributed by atoms with Gasteiger partial charge in [-0.3, -0.25) is 9.20 Å². The minimum atomic E-state index is 0.364. The molecule has 0 saturated heterocycles. The molecule has 0 aliphatic rings. The first kappa shape index (κ1) is 11.1. The van der Waals surface area contributed by atoms with Gasteiger partial charge in [-0.25, -0.2) is 4.98 Å². The van der Waals surface area contributed by atoms with E-state index in [9.17, 15) is 4.79 Å². The average Bonchev–Trinajstić information content (AvgIpc) is 2.70. The Hall–Kier alpha value is -1.35. The molecule has 0 aliphatic carbocycles. The van der Waals surface area contributed by atoms with Crippen LogP contribution in [0.1, 0.15) is 42.4 Å². The number of hydrogen-bond acceptors (Lipinski definition) is 2. The fourth-order valence-electron chi connectivity index (χ4n) is 1.77. The largest absolute Gasteiger partial charge is 0.296 e. The first-order chi connectivity index (χ1) is 7.67. The first-order valence-electron chi connectivity index (χ1n) is 5.29. The molecule has 3 nitrogen and oxygen atoms in total. The molecule has 0 aliphatic heterocycles. The van der Waals surface area contributed by atoms with E-state index in [4.69, 9.17) is 11.6 Å². The number of carbonyl (C=O) groups is 1. The highest BCUT2D eigenvalue weighted by Crippen LogP contribution is 2.25. The highest BCUT2D eigenvalue weighted by molar-refractivity contribution is 6.31. The zero-order chi connectivity index (χ0) is 11.7. The zero-order valence-electron chi connectivity index (χ0n) is 9.27. The Balaban J connectivity index is 2.71. The van der Waals surface area contributed by atoms with E-state index in [0.717, 1.165) is 23.9 Å². The molecule has 84 valence electrons. The van der Waals surface area contributed by atoms with Crippen LogP contribution in [0, 0.1) is 0 Å². The second kappa shape index (κ2) is 4.26. The van der Waals surface area contributed by atoms with Crippen LogP contribution < -0.4 is 0 Å². The third kappa shape index (κ3) is 1.71. The van der Waals surface area contributed by atoms with Crippen molar-refractivity contribution in [1.82, 2.24) is 9.38 Å². The number of fused-ring (bicyclic) bond motifs is 1. The van der Waals surface area contributed by atoms with Gasteiger partial charge >= 0.3 is 0 Å². The molecule has 1 atom stereocenters. The summed E-state index contributed by atoms with van der Waals surface area (Å²) in [6.45, 7) is 4.23. The van der Waals surface area contributed by atoms with E-state index < -0.39 is 0 Å². The van der Waals surface area contributed by atoms with Gasteiger partial charge < -0.3 is 0 Å². The van der Waals surface area contributed by atoms with Crippen LogP contribution in [-0.2, 0) is 0 Å². The van der Waals surface area contributed by atoms with Gasteiger partial charge in [-0.05, 0) is 18.6 Å². The van der Waals surface area contributed by atoms with Crippen molar-refractivity contribution in [1.29, 1.82) is 0 Å². The molecule has 2 aromatic heterocycles. The van der Waals surface area contributed by atoms with Crippen LogP contribution in [0.5, 0.6) is 0 Å². The van der Waals surface area contributed by atoms with Crippen molar-refractivity contribution in [3.05, 3.63) is 34.9 Å². The summed E-state index contributed by atoms with van der Waals surface area (Å²) in [4.78, 5) is 15.3. The van der Waals surface area contributed by atoms with Crippen LogP contribution in [0.2, 0.25) is 5.02 Å². The summed E-state index contributed by atoms with van der Waals surface area (Å²) >= 11 is 5.98. The fraction of sp³-hybridized carbons (Fsp3) is 0.333. The molecular weight excluding hydrogens is 224 g/mol. The maximum absolute atomic E-state index is 10.9. The quantitative estimate of drug-likeness (QED) is 0.767. The standard InChI is InChI=1S/C12H13ClN2O/c1-3-8(2)12-11-5-9(13)4-10(6-16)15(11)7-14-12/h4-8H,3H2,1-2H3. The third-order valence-electron chi connectivity index (χ3n) is 2.87. The van der Waals surface area contributed by atoms with Gasteiger partial charge in [0.1, 0.15) is 6.33 Å². The van der Waals surface area contributed by atoms with Gasteiger partial charge in [0, 0.05) is 10.9 Å². The number of aromatic nitrogens is 2. The van der Waals surface area contributed by atoms with Crippen LogP contribution in [-0.4, -0.2) is 15.7 Å². The lowest BCUT2D eigenvalue weighted by molar-refractivity contribution is 0.111. The molecule has 0 bridgehead atoms. The number of halogens is 1. The van der Waals surface area contributed by atoms with Gasteiger partial charge in [0.15, 0.2) is 6.29 Å². The Bertz CT molecular complexity index is 533. The minimum Gasteiger partial charge on any atom is -0.296 e. The van der Waals surface area contributed by atoms with E-state index in [1.807, 2.05) is 6.07 Å². The monoisotopic (exact) mass is 236 g/mol. The van der Waals surface area contributed by atoms with E-state index in [2.05, 4.69) is 18.8 Å². The van der Waals surface area contributed by atoms with Crippen LogP contribution in [0.3, 0.4) is 0 Å². The lowest BCUT2D eigenvalue weighted by atomic mass is 10.0. The van der Waals surface area contributed by atoms with Crippen molar-refractivity contribution >= 4 is 23.4 Å². The van der Waals surface area contributed by atoms with Crippen LogP contribution >= 0.6 is 11.6 Å².